The van der Waals surface area contributed by atoms with Crippen molar-refractivity contribution in [2.75, 3.05) is 4.90 Å². The molecule has 1 unspecified atom stereocenters. The molecule has 0 radical (unpaired) electrons. The number of aromatic nitrogens is 2. The summed E-state index contributed by atoms with van der Waals surface area (Å²) >= 11 is 2.52. The summed E-state index contributed by atoms with van der Waals surface area (Å²) in [6.45, 7) is 8.15. The van der Waals surface area contributed by atoms with Gasteiger partial charge in [-0.3, -0.25) is 14.5 Å². The van der Waals surface area contributed by atoms with Crippen LogP contribution in [0, 0.1) is 6.92 Å². The lowest BCUT2D eigenvalue weighted by atomic mass is 9.85. The van der Waals surface area contributed by atoms with Gasteiger partial charge in [-0.2, -0.15) is 0 Å². The molecule has 3 aromatic rings. The fraction of sp³-hybridized carbons (Fsp3) is 0.273. The Morgan fingerprint density at radius 2 is 1.83 bits per heavy atom. The van der Waals surface area contributed by atoms with E-state index < -0.39 is 17.7 Å². The molecule has 0 fully saturated rings. The van der Waals surface area contributed by atoms with Crippen LogP contribution in [0.1, 0.15) is 52.6 Å². The van der Waals surface area contributed by atoms with Crippen LogP contribution in [0.2, 0.25) is 0 Å². The minimum atomic E-state index is -0.770. The Bertz CT molecular complexity index is 1140. The molecule has 1 aliphatic rings. The first-order valence-corrected chi connectivity index (χ1v) is 11.1. The van der Waals surface area contributed by atoms with E-state index in [-0.39, 0.29) is 16.8 Å². The second-order valence-electron chi connectivity index (χ2n) is 8.12. The van der Waals surface area contributed by atoms with E-state index in [1.54, 1.807) is 24.4 Å². The number of hydrogen-bond acceptors (Lipinski definition) is 7. The van der Waals surface area contributed by atoms with Crippen LogP contribution in [-0.2, 0) is 10.2 Å². The van der Waals surface area contributed by atoms with Gasteiger partial charge in [0.2, 0.25) is 10.9 Å². The second kappa shape index (κ2) is 7.45. The van der Waals surface area contributed by atoms with E-state index in [0.29, 0.717) is 15.0 Å². The average Bonchev–Trinajstić information content (AvgIpc) is 3.42. The predicted molar refractivity (Wildman–Crippen MR) is 118 cm³/mol. The van der Waals surface area contributed by atoms with Crippen LogP contribution in [0.25, 0.3) is 0 Å². The molecule has 6 nitrogen and oxygen atoms in total. The van der Waals surface area contributed by atoms with Crippen LogP contribution < -0.4 is 4.90 Å². The zero-order valence-electron chi connectivity index (χ0n) is 17.0. The third kappa shape index (κ3) is 3.46. The normalized spacial score (nSPS) is 17.1. The Labute approximate surface area is 182 Å². The highest BCUT2D eigenvalue weighted by atomic mass is 32.1. The Morgan fingerprint density at radius 3 is 2.37 bits per heavy atom. The zero-order valence-corrected chi connectivity index (χ0v) is 18.7. The topological polar surface area (TPSA) is 83.4 Å². The van der Waals surface area contributed by atoms with Gasteiger partial charge < -0.3 is 5.11 Å². The third-order valence-electron chi connectivity index (χ3n) is 5.01. The fourth-order valence-corrected chi connectivity index (χ4v) is 4.83. The lowest BCUT2D eigenvalue weighted by Gasteiger charge is -2.25. The van der Waals surface area contributed by atoms with Gasteiger partial charge in [0.25, 0.3) is 5.91 Å². The van der Waals surface area contributed by atoms with Crippen molar-refractivity contribution in [1.82, 2.24) is 10.2 Å². The van der Waals surface area contributed by atoms with Crippen LogP contribution in [0.5, 0.6) is 0 Å². The Morgan fingerprint density at radius 1 is 1.13 bits per heavy atom. The van der Waals surface area contributed by atoms with Crippen molar-refractivity contribution in [3.63, 3.8) is 0 Å². The molecule has 2 aromatic heterocycles. The Kier molecular flexibility index (Phi) is 5.07. The molecule has 4 rings (SSSR count). The van der Waals surface area contributed by atoms with Gasteiger partial charge in [-0.25, -0.2) is 0 Å². The highest BCUT2D eigenvalue weighted by Crippen LogP contribution is 2.43. The maximum Gasteiger partial charge on any atom is 0.296 e. The van der Waals surface area contributed by atoms with Gasteiger partial charge in [0.05, 0.1) is 16.5 Å². The molecule has 0 aliphatic carbocycles. The van der Waals surface area contributed by atoms with E-state index in [4.69, 9.17) is 0 Å². The molecule has 1 aromatic carbocycles. The molecule has 0 saturated carbocycles. The summed E-state index contributed by atoms with van der Waals surface area (Å²) in [7, 11) is 0. The van der Waals surface area contributed by atoms with Gasteiger partial charge in [-0.15, -0.1) is 21.5 Å². The van der Waals surface area contributed by atoms with Crippen LogP contribution in [0.15, 0.2) is 53.1 Å². The van der Waals surface area contributed by atoms with E-state index in [9.17, 15) is 14.7 Å². The molecule has 0 bridgehead atoms. The van der Waals surface area contributed by atoms with Crippen molar-refractivity contribution in [2.24, 2.45) is 0 Å². The number of anilines is 1. The molecule has 1 atom stereocenters. The van der Waals surface area contributed by atoms with Gasteiger partial charge >= 0.3 is 0 Å². The number of nitrogens with zero attached hydrogens (tertiary/aromatic N) is 3. The van der Waals surface area contributed by atoms with Crippen molar-refractivity contribution in [3.8, 4) is 0 Å². The van der Waals surface area contributed by atoms with E-state index >= 15 is 0 Å². The number of aryl methyl sites for hydroxylation is 1. The summed E-state index contributed by atoms with van der Waals surface area (Å²) in [5.74, 6) is -1.54. The fourth-order valence-electron chi connectivity index (χ4n) is 3.44. The Hall–Kier alpha value is -2.84. The molecule has 1 aliphatic heterocycles. The maximum atomic E-state index is 13.2. The van der Waals surface area contributed by atoms with Crippen molar-refractivity contribution < 1.29 is 14.7 Å². The molecular formula is C22H21N3O3S2. The number of ketones is 1. The summed E-state index contributed by atoms with van der Waals surface area (Å²) in [6, 6.07) is 10.5. The smallest absolute Gasteiger partial charge is 0.296 e. The molecule has 8 heteroatoms. The van der Waals surface area contributed by atoms with Crippen molar-refractivity contribution in [3.05, 3.63) is 74.1 Å². The number of rotatable bonds is 4. The molecular weight excluding hydrogens is 418 g/mol. The van der Waals surface area contributed by atoms with Gasteiger partial charge in [-0.05, 0) is 34.9 Å². The summed E-state index contributed by atoms with van der Waals surface area (Å²) in [6.07, 6.45) is 0. The second-order valence-corrected chi connectivity index (χ2v) is 10.2. The standard InChI is InChI=1S/C22H21N3O3S2/c1-12-23-24-21(30-12)25-17(13-7-9-14(10-8-13)22(2,3)4)16(19(27)20(25)28)18(26)15-6-5-11-29-15/h5-11,17,27H,1-4H3. The third-order valence-corrected chi connectivity index (χ3v) is 6.72. The minimum Gasteiger partial charge on any atom is -0.503 e. The number of hydrogen-bond donors (Lipinski definition) is 1. The van der Waals surface area contributed by atoms with Gasteiger partial charge in [0, 0.05) is 0 Å². The van der Waals surface area contributed by atoms with Crippen LogP contribution >= 0.6 is 22.7 Å². The quantitative estimate of drug-likeness (QED) is 0.579. The Balaban J connectivity index is 1.85. The van der Waals surface area contributed by atoms with E-state index in [1.807, 2.05) is 24.3 Å². The number of carbonyl (C=O) groups excluding carboxylic acids is 2. The highest BCUT2D eigenvalue weighted by Gasteiger charge is 2.46. The number of amides is 1. The lowest BCUT2D eigenvalue weighted by molar-refractivity contribution is -0.117. The zero-order chi connectivity index (χ0) is 21.6. The molecule has 154 valence electrons. The number of aliphatic hydroxyl groups excluding tert-OH is 1. The largest absolute Gasteiger partial charge is 0.503 e. The van der Waals surface area contributed by atoms with E-state index in [1.165, 1.54) is 27.6 Å². The van der Waals surface area contributed by atoms with Crippen LogP contribution in [-0.4, -0.2) is 27.0 Å². The van der Waals surface area contributed by atoms with Gasteiger partial charge in [0.1, 0.15) is 5.01 Å². The summed E-state index contributed by atoms with van der Waals surface area (Å²) in [5.41, 5.74) is 1.90. The van der Waals surface area contributed by atoms with E-state index in [0.717, 1.165) is 11.1 Å². The van der Waals surface area contributed by atoms with E-state index in [2.05, 4.69) is 31.0 Å². The first-order chi connectivity index (χ1) is 14.2. The lowest BCUT2D eigenvalue weighted by Crippen LogP contribution is -2.31. The maximum absolute atomic E-state index is 13.2. The monoisotopic (exact) mass is 439 g/mol. The highest BCUT2D eigenvalue weighted by molar-refractivity contribution is 7.15. The first-order valence-electron chi connectivity index (χ1n) is 9.44. The van der Waals surface area contributed by atoms with Crippen LogP contribution in [0.4, 0.5) is 5.13 Å². The molecule has 0 saturated heterocycles. The number of aliphatic hydroxyl groups is 1. The summed E-state index contributed by atoms with van der Waals surface area (Å²) < 4.78 is 0. The minimum absolute atomic E-state index is 0.0341. The van der Waals surface area contributed by atoms with Gasteiger partial charge in [0.15, 0.2) is 5.76 Å². The molecule has 1 N–H and O–H groups in total. The molecule has 1 amide bonds. The van der Waals surface area contributed by atoms with Crippen molar-refractivity contribution in [2.45, 2.75) is 39.2 Å². The predicted octanol–water partition coefficient (Wildman–Crippen LogP) is 4.99. The average molecular weight is 440 g/mol. The number of thiophene rings is 1. The number of Topliss-reactive ketones (excluding diaryl/α,β-unsaturated/α-hetero) is 1. The summed E-state index contributed by atoms with van der Waals surface area (Å²) in [5, 5.41) is 21.6. The summed E-state index contributed by atoms with van der Waals surface area (Å²) in [4.78, 5) is 28.1. The molecule has 3 heterocycles. The SMILES string of the molecule is Cc1nnc(N2C(=O)C(O)=C(C(=O)c3cccs3)C2c2ccc(C(C)(C)C)cc2)s1. The van der Waals surface area contributed by atoms with Crippen molar-refractivity contribution >= 4 is 39.5 Å². The molecule has 30 heavy (non-hydrogen) atoms. The number of benzene rings is 1. The number of carbonyl (C=O) groups is 2. The first kappa shape index (κ1) is 20.4. The van der Waals surface area contributed by atoms with Crippen LogP contribution in [0.3, 0.4) is 0 Å². The van der Waals surface area contributed by atoms with Crippen molar-refractivity contribution in [1.29, 1.82) is 0 Å². The molecule has 0 spiro atoms. The van der Waals surface area contributed by atoms with Gasteiger partial charge in [-0.1, -0.05) is 62.4 Å².